The van der Waals surface area contributed by atoms with Crippen molar-refractivity contribution in [2.24, 2.45) is 15.7 Å². The molecule has 0 fully saturated rings. The molecule has 0 aliphatic carbocycles. The van der Waals surface area contributed by atoms with E-state index in [0.717, 1.165) is 5.56 Å². The first-order chi connectivity index (χ1) is 7.59. The molecule has 1 aromatic carbocycles. The van der Waals surface area contributed by atoms with E-state index < -0.39 is 5.91 Å². The van der Waals surface area contributed by atoms with E-state index in [1.165, 1.54) is 0 Å². The minimum absolute atomic E-state index is 0.209. The molecule has 0 spiro atoms. The van der Waals surface area contributed by atoms with Crippen molar-refractivity contribution in [3.8, 4) is 0 Å². The molecular formula is C12H15N3O. The van der Waals surface area contributed by atoms with Crippen molar-refractivity contribution in [2.45, 2.75) is 26.4 Å². The van der Waals surface area contributed by atoms with Gasteiger partial charge in [0.25, 0.3) is 0 Å². The summed E-state index contributed by atoms with van der Waals surface area (Å²) in [5.41, 5.74) is 6.63. The first kappa shape index (κ1) is 12.1. The summed E-state index contributed by atoms with van der Waals surface area (Å²) in [6.07, 6.45) is 0. The van der Waals surface area contributed by atoms with Crippen molar-refractivity contribution in [3.05, 3.63) is 35.4 Å². The highest BCUT2D eigenvalue weighted by atomic mass is 16.1. The van der Waals surface area contributed by atoms with Crippen LogP contribution in [0.3, 0.4) is 0 Å². The van der Waals surface area contributed by atoms with Crippen molar-refractivity contribution in [1.29, 1.82) is 0 Å². The summed E-state index contributed by atoms with van der Waals surface area (Å²) in [5.74, 6) is -0.420. The maximum absolute atomic E-state index is 10.8. The number of primary amides is 1. The normalized spacial score (nSPS) is 9.69. The Morgan fingerprint density at radius 3 is 2.50 bits per heavy atom. The van der Waals surface area contributed by atoms with Gasteiger partial charge in [-0.05, 0) is 31.5 Å². The molecule has 0 aromatic heterocycles. The first-order valence-corrected chi connectivity index (χ1v) is 5.09. The van der Waals surface area contributed by atoms with Crippen LogP contribution in [0.5, 0.6) is 0 Å². The summed E-state index contributed by atoms with van der Waals surface area (Å²) in [7, 11) is 0. The lowest BCUT2D eigenvalue weighted by atomic mass is 10.1. The molecule has 0 saturated heterocycles. The van der Waals surface area contributed by atoms with Crippen molar-refractivity contribution in [3.63, 3.8) is 0 Å². The van der Waals surface area contributed by atoms with Crippen LogP contribution in [0.2, 0.25) is 0 Å². The minimum atomic E-state index is -0.420. The van der Waals surface area contributed by atoms with E-state index >= 15 is 0 Å². The van der Waals surface area contributed by atoms with E-state index in [9.17, 15) is 4.79 Å². The Labute approximate surface area is 94.9 Å². The monoisotopic (exact) mass is 217 g/mol. The summed E-state index contributed by atoms with van der Waals surface area (Å²) >= 11 is 0. The molecule has 0 unspecified atom stereocenters. The van der Waals surface area contributed by atoms with Crippen LogP contribution in [0.15, 0.2) is 34.3 Å². The Morgan fingerprint density at radius 1 is 1.38 bits per heavy atom. The minimum Gasteiger partial charge on any atom is -0.366 e. The molecule has 1 amide bonds. The van der Waals surface area contributed by atoms with Gasteiger partial charge in [0.2, 0.25) is 5.91 Å². The van der Waals surface area contributed by atoms with E-state index in [2.05, 4.69) is 16.0 Å². The van der Waals surface area contributed by atoms with Crippen LogP contribution in [-0.2, 0) is 6.54 Å². The maximum Gasteiger partial charge on any atom is 0.248 e. The highest BCUT2D eigenvalue weighted by molar-refractivity contribution is 5.92. The van der Waals surface area contributed by atoms with Crippen molar-refractivity contribution in [1.82, 2.24) is 0 Å². The fourth-order valence-electron chi connectivity index (χ4n) is 1.06. The van der Waals surface area contributed by atoms with Gasteiger partial charge in [-0.3, -0.25) is 4.79 Å². The van der Waals surface area contributed by atoms with Gasteiger partial charge in [-0.25, -0.2) is 9.98 Å². The highest BCUT2D eigenvalue weighted by Gasteiger charge is 1.98. The van der Waals surface area contributed by atoms with Crippen LogP contribution in [0.1, 0.15) is 29.8 Å². The second kappa shape index (κ2) is 5.83. The highest BCUT2D eigenvalue weighted by Crippen LogP contribution is 2.04. The van der Waals surface area contributed by atoms with Crippen LogP contribution in [0.25, 0.3) is 0 Å². The number of hydrogen-bond donors (Lipinski definition) is 1. The van der Waals surface area contributed by atoms with Gasteiger partial charge in [0, 0.05) is 5.56 Å². The molecule has 1 rings (SSSR count). The lowest BCUT2D eigenvalue weighted by Gasteiger charge is -1.97. The predicted octanol–water partition coefficient (Wildman–Crippen LogP) is 1.87. The Bertz CT molecular complexity index is 414. The third kappa shape index (κ3) is 4.07. The molecule has 0 bridgehead atoms. The lowest BCUT2D eigenvalue weighted by molar-refractivity contribution is 0.100. The second-order valence-electron chi connectivity index (χ2n) is 3.70. The molecule has 4 heteroatoms. The number of aliphatic imine (C=N–C) groups is 2. The van der Waals surface area contributed by atoms with Gasteiger partial charge in [-0.1, -0.05) is 12.1 Å². The van der Waals surface area contributed by atoms with Crippen molar-refractivity contribution < 1.29 is 4.79 Å². The number of hydrogen-bond acceptors (Lipinski definition) is 3. The summed E-state index contributed by atoms with van der Waals surface area (Å²) in [5, 5.41) is 0. The van der Waals surface area contributed by atoms with Crippen LogP contribution in [0, 0.1) is 0 Å². The van der Waals surface area contributed by atoms with Crippen molar-refractivity contribution in [2.75, 3.05) is 0 Å². The quantitative estimate of drug-likeness (QED) is 0.768. The summed E-state index contributed by atoms with van der Waals surface area (Å²) in [4.78, 5) is 18.8. The zero-order valence-electron chi connectivity index (χ0n) is 9.47. The number of carbonyl (C=O) groups is 1. The summed E-state index contributed by atoms with van der Waals surface area (Å²) in [6, 6.07) is 9.85. The molecule has 0 saturated carbocycles. The molecule has 0 radical (unpaired) electrons. The average Bonchev–Trinajstić information content (AvgIpc) is 2.25. The van der Waals surface area contributed by atoms with Crippen LogP contribution in [0.4, 0.5) is 0 Å². The third-order valence-electron chi connectivity index (χ3n) is 1.89. The fraction of sp³-hybridized carbons (Fsp3) is 0.333. The third-order valence-corrected chi connectivity index (χ3v) is 1.89. The molecule has 84 valence electrons. The first-order valence-electron chi connectivity index (χ1n) is 5.09. The second-order valence-corrected chi connectivity index (χ2v) is 3.70. The Kier molecular flexibility index (Phi) is 4.42. The Balaban J connectivity index is 2.63. The molecule has 0 atom stereocenters. The number of nitrogens with two attached hydrogens (primary N) is 1. The van der Waals surface area contributed by atoms with E-state index in [4.69, 9.17) is 5.73 Å². The van der Waals surface area contributed by atoms with Crippen molar-refractivity contribution >= 4 is 11.9 Å². The fourth-order valence-corrected chi connectivity index (χ4v) is 1.06. The van der Waals surface area contributed by atoms with E-state index in [0.29, 0.717) is 12.1 Å². The van der Waals surface area contributed by atoms with Gasteiger partial charge >= 0.3 is 0 Å². The number of nitrogens with zero attached hydrogens (tertiary/aromatic N) is 2. The number of carbonyl (C=O) groups excluding carboxylic acids is 1. The predicted molar refractivity (Wildman–Crippen MR) is 63.7 cm³/mol. The van der Waals surface area contributed by atoms with Gasteiger partial charge in [0.15, 0.2) is 0 Å². The molecular weight excluding hydrogens is 202 g/mol. The molecule has 0 heterocycles. The lowest BCUT2D eigenvalue weighted by Crippen LogP contribution is -2.10. The molecule has 16 heavy (non-hydrogen) atoms. The molecule has 2 N–H and O–H groups in total. The van der Waals surface area contributed by atoms with Gasteiger partial charge in [-0.15, -0.1) is 0 Å². The van der Waals surface area contributed by atoms with Gasteiger partial charge in [0.05, 0.1) is 18.6 Å². The largest absolute Gasteiger partial charge is 0.366 e. The van der Waals surface area contributed by atoms with Crippen LogP contribution < -0.4 is 5.73 Å². The Morgan fingerprint density at radius 2 is 2.00 bits per heavy atom. The van der Waals surface area contributed by atoms with E-state index in [1.54, 1.807) is 12.1 Å². The molecule has 0 aliphatic heterocycles. The number of benzene rings is 1. The topological polar surface area (TPSA) is 67.8 Å². The number of amides is 1. The number of rotatable bonds is 4. The van der Waals surface area contributed by atoms with E-state index in [1.807, 2.05) is 26.0 Å². The van der Waals surface area contributed by atoms with Crippen LogP contribution >= 0.6 is 0 Å². The SMILES string of the molecule is CC(C)N=C=NCc1ccc(C(N)=O)cc1. The molecule has 1 aromatic rings. The summed E-state index contributed by atoms with van der Waals surface area (Å²) < 4.78 is 0. The Hall–Kier alpha value is -1.93. The zero-order valence-corrected chi connectivity index (χ0v) is 9.47. The van der Waals surface area contributed by atoms with E-state index in [-0.39, 0.29) is 6.04 Å². The maximum atomic E-state index is 10.8. The molecule has 0 aliphatic rings. The van der Waals surface area contributed by atoms with Crippen LogP contribution in [-0.4, -0.2) is 18.0 Å². The van der Waals surface area contributed by atoms with Gasteiger partial charge < -0.3 is 5.73 Å². The van der Waals surface area contributed by atoms with Gasteiger partial charge in [0.1, 0.15) is 0 Å². The smallest absolute Gasteiger partial charge is 0.248 e. The molecule has 4 nitrogen and oxygen atoms in total. The summed E-state index contributed by atoms with van der Waals surface area (Å²) in [6.45, 7) is 4.43. The van der Waals surface area contributed by atoms with Gasteiger partial charge in [-0.2, -0.15) is 0 Å². The average molecular weight is 217 g/mol. The standard InChI is InChI=1S/C12H15N3O/c1-9(2)15-8-14-7-10-3-5-11(6-4-10)12(13)16/h3-6,9H,7H2,1-2H3,(H2,13,16). The zero-order chi connectivity index (χ0) is 12.0.